The van der Waals surface area contributed by atoms with Crippen LogP contribution in [0.25, 0.3) is 10.8 Å². The fourth-order valence-electron chi connectivity index (χ4n) is 4.70. The van der Waals surface area contributed by atoms with Crippen LogP contribution in [-0.4, -0.2) is 32.2 Å². The molecule has 3 aromatic carbocycles. The third-order valence-electron chi connectivity index (χ3n) is 6.76. The maximum absolute atomic E-state index is 13.4. The summed E-state index contributed by atoms with van der Waals surface area (Å²) in [5.41, 5.74) is 2.38. The van der Waals surface area contributed by atoms with Crippen LogP contribution in [-0.2, 0) is 5.54 Å². The summed E-state index contributed by atoms with van der Waals surface area (Å²) in [6.07, 6.45) is 4.16. The van der Waals surface area contributed by atoms with E-state index < -0.39 is 0 Å². The van der Waals surface area contributed by atoms with Gasteiger partial charge in [-0.15, -0.1) is 0 Å². The molecule has 1 aliphatic heterocycles. The lowest BCUT2D eigenvalue weighted by Crippen LogP contribution is -2.35. The van der Waals surface area contributed by atoms with Crippen LogP contribution in [0.5, 0.6) is 11.5 Å². The monoisotopic (exact) mass is 430 g/mol. The largest absolute Gasteiger partial charge is 0.497 e. The lowest BCUT2D eigenvalue weighted by Gasteiger charge is -2.22. The van der Waals surface area contributed by atoms with Crippen LogP contribution < -0.4 is 20.1 Å². The summed E-state index contributed by atoms with van der Waals surface area (Å²) >= 11 is 0. The second kappa shape index (κ2) is 8.47. The van der Waals surface area contributed by atoms with Crippen molar-refractivity contribution >= 4 is 16.7 Å². The van der Waals surface area contributed by atoms with Crippen molar-refractivity contribution in [2.45, 2.75) is 44.2 Å². The summed E-state index contributed by atoms with van der Waals surface area (Å²) in [6.45, 7) is 3.65. The van der Waals surface area contributed by atoms with E-state index in [4.69, 9.17) is 9.47 Å². The summed E-state index contributed by atoms with van der Waals surface area (Å²) in [5.74, 6) is 1.49. The number of nitrogens with one attached hydrogen (secondary N) is 2. The minimum Gasteiger partial charge on any atom is -0.497 e. The van der Waals surface area contributed by atoms with Crippen LogP contribution in [0.3, 0.4) is 0 Å². The number of fused-ring (bicyclic) bond motifs is 1. The maximum atomic E-state index is 13.4. The van der Waals surface area contributed by atoms with Gasteiger partial charge in [0.15, 0.2) is 0 Å². The van der Waals surface area contributed by atoms with Gasteiger partial charge in [-0.1, -0.05) is 30.3 Å². The summed E-state index contributed by atoms with van der Waals surface area (Å²) in [6, 6.07) is 18.6. The molecule has 32 heavy (non-hydrogen) atoms. The third-order valence-corrected chi connectivity index (χ3v) is 6.76. The smallest absolute Gasteiger partial charge is 0.252 e. The molecular formula is C27H30N2O3. The van der Waals surface area contributed by atoms with Gasteiger partial charge in [0.05, 0.1) is 12.6 Å². The number of carbonyl (C=O) groups excluding carboxylic acids is 1. The van der Waals surface area contributed by atoms with Gasteiger partial charge in [-0.25, -0.2) is 0 Å². The second-order valence-electron chi connectivity index (χ2n) is 9.01. The molecule has 1 aliphatic carbocycles. The van der Waals surface area contributed by atoms with Gasteiger partial charge in [0.1, 0.15) is 18.1 Å². The number of carbonyl (C=O) groups is 1. The van der Waals surface area contributed by atoms with Crippen LogP contribution in [0.1, 0.15) is 47.2 Å². The molecule has 1 heterocycles. The van der Waals surface area contributed by atoms with E-state index >= 15 is 0 Å². The Kier molecular flexibility index (Phi) is 5.51. The van der Waals surface area contributed by atoms with Gasteiger partial charge < -0.3 is 20.1 Å². The zero-order chi connectivity index (χ0) is 22.1. The first kappa shape index (κ1) is 20.8. The van der Waals surface area contributed by atoms with Gasteiger partial charge >= 0.3 is 0 Å². The van der Waals surface area contributed by atoms with E-state index in [1.165, 1.54) is 6.42 Å². The SMILES string of the molecule is COc1cc(C2(NC(=O)c3cc(OCC4CCCN4)ccc3C)CC2)c2ccccc2c1. The molecule has 1 saturated heterocycles. The lowest BCUT2D eigenvalue weighted by atomic mass is 9.95. The number of hydrogen-bond donors (Lipinski definition) is 2. The minimum absolute atomic E-state index is 0.0589. The first-order valence-corrected chi connectivity index (χ1v) is 11.4. The summed E-state index contributed by atoms with van der Waals surface area (Å²) in [5, 5.41) is 9.07. The van der Waals surface area contributed by atoms with Crippen LogP contribution in [0, 0.1) is 6.92 Å². The number of benzene rings is 3. The first-order chi connectivity index (χ1) is 15.6. The first-order valence-electron chi connectivity index (χ1n) is 11.4. The standard InChI is InChI=1S/C27H30N2O3/c1-18-9-10-21(32-17-20-7-5-13-28-20)15-24(18)26(30)29-27(11-12-27)25-16-22(31-2)14-19-6-3-4-8-23(19)25/h3-4,6,8-10,14-16,20,28H,5,7,11-13,17H2,1-2H3,(H,29,30). The Balaban J connectivity index is 1.39. The Labute approximate surface area is 189 Å². The Bertz CT molecular complexity index is 1150. The molecule has 2 N–H and O–H groups in total. The molecule has 1 saturated carbocycles. The topological polar surface area (TPSA) is 59.6 Å². The minimum atomic E-state index is -0.359. The average Bonchev–Trinajstić information content (AvgIpc) is 3.39. The summed E-state index contributed by atoms with van der Waals surface area (Å²) in [7, 11) is 1.68. The summed E-state index contributed by atoms with van der Waals surface area (Å²) in [4.78, 5) is 13.4. The van der Waals surface area contributed by atoms with E-state index in [9.17, 15) is 4.79 Å². The molecule has 5 heteroatoms. The fourth-order valence-corrected chi connectivity index (χ4v) is 4.70. The van der Waals surface area contributed by atoms with E-state index in [0.717, 1.165) is 59.2 Å². The highest BCUT2D eigenvalue weighted by molar-refractivity contribution is 5.98. The molecule has 1 amide bonds. The average molecular weight is 431 g/mol. The number of methoxy groups -OCH3 is 1. The van der Waals surface area contributed by atoms with E-state index in [1.54, 1.807) is 7.11 Å². The van der Waals surface area contributed by atoms with Crippen molar-refractivity contribution in [2.24, 2.45) is 0 Å². The molecule has 2 fully saturated rings. The van der Waals surface area contributed by atoms with Crippen LogP contribution in [0.15, 0.2) is 54.6 Å². The van der Waals surface area contributed by atoms with Crippen molar-refractivity contribution in [3.8, 4) is 11.5 Å². The molecule has 5 nitrogen and oxygen atoms in total. The third kappa shape index (κ3) is 4.05. The Morgan fingerprint density at radius 3 is 2.72 bits per heavy atom. The van der Waals surface area contributed by atoms with Crippen molar-refractivity contribution in [3.05, 3.63) is 71.3 Å². The van der Waals surface area contributed by atoms with Crippen molar-refractivity contribution in [2.75, 3.05) is 20.3 Å². The number of rotatable bonds is 7. The zero-order valence-corrected chi connectivity index (χ0v) is 18.7. The Morgan fingerprint density at radius 1 is 1.12 bits per heavy atom. The molecule has 3 aromatic rings. The maximum Gasteiger partial charge on any atom is 0.252 e. The molecule has 166 valence electrons. The van der Waals surface area contributed by atoms with Gasteiger partial charge in [-0.3, -0.25) is 4.79 Å². The molecule has 5 rings (SSSR count). The lowest BCUT2D eigenvalue weighted by molar-refractivity contribution is 0.0930. The van der Waals surface area contributed by atoms with Crippen molar-refractivity contribution < 1.29 is 14.3 Å². The predicted molar refractivity (Wildman–Crippen MR) is 127 cm³/mol. The predicted octanol–water partition coefficient (Wildman–Crippen LogP) is 4.71. The Morgan fingerprint density at radius 2 is 1.97 bits per heavy atom. The normalized spacial score (nSPS) is 19.0. The van der Waals surface area contributed by atoms with E-state index in [1.807, 2.05) is 43.3 Å². The molecule has 2 aliphatic rings. The second-order valence-corrected chi connectivity index (χ2v) is 9.01. The van der Waals surface area contributed by atoms with E-state index in [-0.39, 0.29) is 11.4 Å². The van der Waals surface area contributed by atoms with Gasteiger partial charge in [-0.2, -0.15) is 0 Å². The molecule has 0 bridgehead atoms. The van der Waals surface area contributed by atoms with Crippen LogP contribution in [0.4, 0.5) is 0 Å². The molecule has 1 unspecified atom stereocenters. The van der Waals surface area contributed by atoms with Gasteiger partial charge in [-0.05, 0) is 85.3 Å². The van der Waals surface area contributed by atoms with Crippen LogP contribution in [0.2, 0.25) is 0 Å². The van der Waals surface area contributed by atoms with E-state index in [0.29, 0.717) is 18.2 Å². The quantitative estimate of drug-likeness (QED) is 0.570. The van der Waals surface area contributed by atoms with Crippen molar-refractivity contribution in [3.63, 3.8) is 0 Å². The highest BCUT2D eigenvalue weighted by Crippen LogP contribution is 2.49. The summed E-state index contributed by atoms with van der Waals surface area (Å²) < 4.78 is 11.5. The van der Waals surface area contributed by atoms with E-state index in [2.05, 4.69) is 28.8 Å². The zero-order valence-electron chi connectivity index (χ0n) is 18.7. The molecule has 1 atom stereocenters. The van der Waals surface area contributed by atoms with Gasteiger partial charge in [0, 0.05) is 11.6 Å². The van der Waals surface area contributed by atoms with Crippen LogP contribution >= 0.6 is 0 Å². The van der Waals surface area contributed by atoms with Crippen molar-refractivity contribution in [1.29, 1.82) is 0 Å². The molecule has 0 aromatic heterocycles. The fraction of sp³-hybridized carbons (Fsp3) is 0.370. The molecule has 0 spiro atoms. The van der Waals surface area contributed by atoms with Gasteiger partial charge in [0.2, 0.25) is 0 Å². The van der Waals surface area contributed by atoms with Crippen molar-refractivity contribution in [1.82, 2.24) is 10.6 Å². The number of ether oxygens (including phenoxy) is 2. The number of amides is 1. The number of aryl methyl sites for hydroxylation is 1. The molecule has 0 radical (unpaired) electrons. The molecular weight excluding hydrogens is 400 g/mol. The highest BCUT2D eigenvalue weighted by Gasteiger charge is 2.47. The number of hydrogen-bond acceptors (Lipinski definition) is 4. The Hall–Kier alpha value is -3.05. The van der Waals surface area contributed by atoms with Gasteiger partial charge in [0.25, 0.3) is 5.91 Å². The highest BCUT2D eigenvalue weighted by atomic mass is 16.5.